The van der Waals surface area contributed by atoms with Crippen LogP contribution in [0.3, 0.4) is 0 Å². The number of amides is 4. The van der Waals surface area contributed by atoms with Gasteiger partial charge in [-0.25, -0.2) is 4.39 Å². The molecule has 0 aromatic heterocycles. The van der Waals surface area contributed by atoms with Gasteiger partial charge >= 0.3 is 0 Å². The van der Waals surface area contributed by atoms with E-state index in [2.05, 4.69) is 5.32 Å². The van der Waals surface area contributed by atoms with Crippen LogP contribution >= 0.6 is 0 Å². The number of rotatable bonds is 5. The SMILES string of the molecule is Cc1ccc2c(c1C)NC(=O)[C@]21[NH2+][C@H](CCC(N)=O)[C@H]2C(=O)N(Cc3ccc(F)cc3)C(=O)[C@H]21. The largest absolute Gasteiger partial charge is 0.370 e. The molecule has 0 saturated carbocycles. The van der Waals surface area contributed by atoms with E-state index < -0.39 is 41.0 Å². The summed E-state index contributed by atoms with van der Waals surface area (Å²) in [6, 6.07) is 8.90. The van der Waals surface area contributed by atoms with Crippen LogP contribution in [-0.4, -0.2) is 34.6 Å². The Labute approximate surface area is 195 Å². The van der Waals surface area contributed by atoms with E-state index in [1.165, 1.54) is 29.2 Å². The number of nitrogens with one attached hydrogen (secondary N) is 1. The van der Waals surface area contributed by atoms with E-state index in [0.29, 0.717) is 16.8 Å². The predicted molar refractivity (Wildman–Crippen MR) is 119 cm³/mol. The van der Waals surface area contributed by atoms with Gasteiger partial charge in [-0.1, -0.05) is 18.2 Å². The van der Waals surface area contributed by atoms with Gasteiger partial charge in [0, 0.05) is 18.4 Å². The van der Waals surface area contributed by atoms with Crippen LogP contribution in [0.25, 0.3) is 0 Å². The lowest BCUT2D eigenvalue weighted by atomic mass is 9.76. The summed E-state index contributed by atoms with van der Waals surface area (Å²) in [6.07, 6.45) is 0.316. The molecule has 0 aliphatic carbocycles. The fraction of sp³-hybridized carbons (Fsp3) is 0.360. The zero-order valence-electron chi connectivity index (χ0n) is 18.9. The molecular formula is C25H26FN4O4+. The van der Waals surface area contributed by atoms with Crippen molar-refractivity contribution in [3.05, 3.63) is 64.5 Å². The number of benzene rings is 2. The Balaban J connectivity index is 1.59. The van der Waals surface area contributed by atoms with Crippen molar-refractivity contribution in [3.63, 3.8) is 0 Å². The molecule has 2 fully saturated rings. The van der Waals surface area contributed by atoms with Gasteiger partial charge in [-0.3, -0.25) is 24.1 Å². The standard InChI is InChI=1S/C25H25FN4O4/c1-12-3-8-16-21(13(12)2)28-24(34)25(16)20-19(17(29-25)9-10-18(27)31)22(32)30(23(20)33)11-14-4-6-15(26)7-5-14/h3-8,17,19-20,29H,9-11H2,1-2H3,(H2,27,31)(H,28,34)/p+1/t17-,19-,20+,25+/m1/s1. The smallest absolute Gasteiger partial charge is 0.291 e. The van der Waals surface area contributed by atoms with Crippen molar-refractivity contribution in [2.45, 2.75) is 44.8 Å². The van der Waals surface area contributed by atoms with Crippen molar-refractivity contribution in [1.29, 1.82) is 0 Å². The maximum Gasteiger partial charge on any atom is 0.291 e. The summed E-state index contributed by atoms with van der Waals surface area (Å²) in [5.74, 6) is -3.76. The molecule has 176 valence electrons. The van der Waals surface area contributed by atoms with Crippen molar-refractivity contribution in [2.24, 2.45) is 17.6 Å². The molecule has 3 heterocycles. The molecule has 1 spiro atoms. The van der Waals surface area contributed by atoms with E-state index in [-0.39, 0.29) is 31.2 Å². The van der Waals surface area contributed by atoms with E-state index in [1.807, 2.05) is 26.0 Å². The number of aryl methyl sites for hydroxylation is 1. The lowest BCUT2D eigenvalue weighted by Gasteiger charge is -2.26. The molecule has 9 heteroatoms. The quantitative estimate of drug-likeness (QED) is 0.559. The van der Waals surface area contributed by atoms with Crippen LogP contribution < -0.4 is 16.4 Å². The molecule has 0 unspecified atom stereocenters. The summed E-state index contributed by atoms with van der Waals surface area (Å²) in [7, 11) is 0. The van der Waals surface area contributed by atoms with E-state index in [0.717, 1.165) is 11.1 Å². The van der Waals surface area contributed by atoms with Gasteiger partial charge in [0.1, 0.15) is 23.7 Å². The molecule has 3 aliphatic rings. The normalized spacial score (nSPS) is 27.3. The molecule has 4 atom stereocenters. The first kappa shape index (κ1) is 22.2. The zero-order valence-corrected chi connectivity index (χ0v) is 18.9. The Morgan fingerprint density at radius 1 is 1.12 bits per heavy atom. The maximum atomic E-state index is 13.8. The van der Waals surface area contributed by atoms with Crippen LogP contribution in [0.5, 0.6) is 0 Å². The summed E-state index contributed by atoms with van der Waals surface area (Å²) in [4.78, 5) is 53.6. The number of fused-ring (bicyclic) bond motifs is 4. The highest BCUT2D eigenvalue weighted by molar-refractivity contribution is 6.14. The third-order valence-electron chi connectivity index (χ3n) is 7.64. The molecule has 8 nitrogen and oxygen atoms in total. The molecule has 0 bridgehead atoms. The number of hydrogen-bond donors (Lipinski definition) is 3. The van der Waals surface area contributed by atoms with Crippen molar-refractivity contribution in [2.75, 3.05) is 5.32 Å². The molecule has 3 aliphatic heterocycles. The van der Waals surface area contributed by atoms with Gasteiger partial charge in [0.15, 0.2) is 0 Å². The minimum absolute atomic E-state index is 0.00896. The summed E-state index contributed by atoms with van der Waals surface area (Å²) in [6.45, 7) is 3.84. The number of hydrogen-bond acceptors (Lipinski definition) is 4. The second-order valence-electron chi connectivity index (χ2n) is 9.48. The molecule has 0 radical (unpaired) electrons. The Bertz CT molecular complexity index is 1240. The van der Waals surface area contributed by atoms with Gasteiger partial charge < -0.3 is 16.4 Å². The number of nitrogens with two attached hydrogens (primary N) is 2. The Hall–Kier alpha value is -3.59. The molecule has 34 heavy (non-hydrogen) atoms. The third kappa shape index (κ3) is 3.07. The van der Waals surface area contributed by atoms with Crippen LogP contribution in [0.15, 0.2) is 36.4 Å². The van der Waals surface area contributed by atoms with E-state index in [9.17, 15) is 23.6 Å². The third-order valence-corrected chi connectivity index (χ3v) is 7.64. The van der Waals surface area contributed by atoms with Gasteiger partial charge in [0.05, 0.1) is 12.2 Å². The highest BCUT2D eigenvalue weighted by Crippen LogP contribution is 2.50. The first-order valence-corrected chi connectivity index (χ1v) is 11.3. The van der Waals surface area contributed by atoms with Gasteiger partial charge in [0.2, 0.25) is 23.3 Å². The average Bonchev–Trinajstić information content (AvgIpc) is 3.37. The maximum absolute atomic E-state index is 13.8. The summed E-state index contributed by atoms with van der Waals surface area (Å²) in [5, 5.41) is 4.76. The number of nitrogens with zero attached hydrogens (tertiary/aromatic N) is 1. The van der Waals surface area contributed by atoms with Crippen LogP contribution in [0.2, 0.25) is 0 Å². The van der Waals surface area contributed by atoms with Gasteiger partial charge in [-0.15, -0.1) is 0 Å². The molecule has 2 saturated heterocycles. The van der Waals surface area contributed by atoms with Crippen molar-refractivity contribution in [1.82, 2.24) is 4.90 Å². The van der Waals surface area contributed by atoms with Crippen LogP contribution in [0.1, 0.15) is 35.1 Å². The highest BCUT2D eigenvalue weighted by atomic mass is 19.1. The summed E-state index contributed by atoms with van der Waals surface area (Å²) in [5.41, 5.74) is 7.95. The van der Waals surface area contributed by atoms with E-state index >= 15 is 0 Å². The van der Waals surface area contributed by atoms with E-state index in [4.69, 9.17) is 5.73 Å². The van der Waals surface area contributed by atoms with Crippen molar-refractivity contribution >= 4 is 29.3 Å². The Morgan fingerprint density at radius 2 is 1.82 bits per heavy atom. The topological polar surface area (TPSA) is 126 Å². The highest BCUT2D eigenvalue weighted by Gasteiger charge is 2.74. The van der Waals surface area contributed by atoms with Gasteiger partial charge in [-0.2, -0.15) is 0 Å². The number of primary amides is 1. The van der Waals surface area contributed by atoms with Crippen LogP contribution in [0.4, 0.5) is 10.1 Å². The number of carbonyl (C=O) groups excluding carboxylic acids is 4. The van der Waals surface area contributed by atoms with Crippen LogP contribution in [0, 0.1) is 31.5 Å². The minimum Gasteiger partial charge on any atom is -0.370 e. The minimum atomic E-state index is -1.30. The van der Waals surface area contributed by atoms with Gasteiger partial charge in [0.25, 0.3) is 5.91 Å². The molecule has 4 amide bonds. The Morgan fingerprint density at radius 3 is 2.50 bits per heavy atom. The zero-order chi connectivity index (χ0) is 24.4. The monoisotopic (exact) mass is 465 g/mol. The fourth-order valence-corrected chi connectivity index (χ4v) is 5.84. The first-order valence-electron chi connectivity index (χ1n) is 11.3. The van der Waals surface area contributed by atoms with Crippen molar-refractivity contribution < 1.29 is 28.9 Å². The van der Waals surface area contributed by atoms with Gasteiger partial charge in [-0.05, 0) is 48.7 Å². The molecule has 2 aromatic carbocycles. The Kier molecular flexibility index (Phi) is 5.05. The first-order chi connectivity index (χ1) is 16.1. The van der Waals surface area contributed by atoms with Crippen molar-refractivity contribution in [3.8, 4) is 0 Å². The molecule has 2 aromatic rings. The lowest BCUT2D eigenvalue weighted by Crippen LogP contribution is -2.99. The number of halogens is 1. The summed E-state index contributed by atoms with van der Waals surface area (Å²) < 4.78 is 13.4. The number of quaternary nitrogens is 1. The molecular weight excluding hydrogens is 439 g/mol. The average molecular weight is 466 g/mol. The van der Waals surface area contributed by atoms with E-state index in [1.54, 1.807) is 5.32 Å². The fourth-order valence-electron chi connectivity index (χ4n) is 5.84. The number of anilines is 1. The number of carbonyl (C=O) groups is 4. The van der Waals surface area contributed by atoms with Crippen LogP contribution in [-0.2, 0) is 31.3 Å². The predicted octanol–water partition coefficient (Wildman–Crippen LogP) is 0.602. The number of imide groups is 1. The second kappa shape index (κ2) is 7.73. The molecule has 5 N–H and O–H groups in total. The summed E-state index contributed by atoms with van der Waals surface area (Å²) >= 11 is 0. The number of likely N-dealkylation sites (tertiary alicyclic amines) is 1. The second-order valence-corrected chi connectivity index (χ2v) is 9.48. The lowest BCUT2D eigenvalue weighted by molar-refractivity contribution is -0.734. The molecule has 5 rings (SSSR count).